The highest BCUT2D eigenvalue weighted by Gasteiger charge is 2.41. The van der Waals surface area contributed by atoms with Gasteiger partial charge in [0.25, 0.3) is 0 Å². The van der Waals surface area contributed by atoms with Gasteiger partial charge >= 0.3 is 0 Å². The summed E-state index contributed by atoms with van der Waals surface area (Å²) < 4.78 is 4.94. The third-order valence-corrected chi connectivity index (χ3v) is 5.27. The molecular weight excluding hydrogens is 340 g/mol. The van der Waals surface area contributed by atoms with Crippen molar-refractivity contribution in [2.45, 2.75) is 72.8 Å². The van der Waals surface area contributed by atoms with Crippen molar-refractivity contribution in [3.63, 3.8) is 0 Å². The second-order valence-corrected chi connectivity index (χ2v) is 7.88. The zero-order valence-corrected chi connectivity index (χ0v) is 17.7. The van der Waals surface area contributed by atoms with Gasteiger partial charge in [0.15, 0.2) is 0 Å². The van der Waals surface area contributed by atoms with E-state index in [9.17, 15) is 15.0 Å². The minimum Gasteiger partial charge on any atom is -0.508 e. The lowest BCUT2D eigenvalue weighted by molar-refractivity contribution is -0.132. The van der Waals surface area contributed by atoms with Crippen LogP contribution in [0.2, 0.25) is 0 Å². The Morgan fingerprint density at radius 2 is 1.59 bits per heavy atom. The number of carbonyl (C=O) groups excluding carboxylic acids is 1. The van der Waals surface area contributed by atoms with Gasteiger partial charge in [0.05, 0.1) is 7.11 Å². The van der Waals surface area contributed by atoms with Crippen LogP contribution >= 0.6 is 0 Å². The Bertz CT molecular complexity index is 633. The molecule has 0 spiro atoms. The minimum atomic E-state index is -1.13. The number of aliphatic hydroxyl groups excluding tert-OH is 2. The van der Waals surface area contributed by atoms with Gasteiger partial charge in [-0.3, -0.25) is 4.79 Å². The van der Waals surface area contributed by atoms with E-state index in [-0.39, 0.29) is 23.4 Å². The Kier molecular flexibility index (Phi) is 9.57. The van der Waals surface area contributed by atoms with Gasteiger partial charge in [0.1, 0.15) is 11.9 Å². The monoisotopic (exact) mass is 376 g/mol. The van der Waals surface area contributed by atoms with Crippen molar-refractivity contribution in [3.8, 4) is 0 Å². The van der Waals surface area contributed by atoms with Crippen molar-refractivity contribution >= 4 is 5.78 Å². The topological polar surface area (TPSA) is 66.8 Å². The van der Waals surface area contributed by atoms with Crippen LogP contribution in [0.15, 0.2) is 46.5 Å². The van der Waals surface area contributed by atoms with E-state index in [4.69, 9.17) is 4.74 Å². The molecule has 1 rings (SSSR count). The number of hydrogen-bond donors (Lipinski definition) is 2. The lowest BCUT2D eigenvalue weighted by Crippen LogP contribution is -2.40. The third kappa shape index (κ3) is 7.02. The Morgan fingerprint density at radius 3 is 2.15 bits per heavy atom. The fourth-order valence-electron chi connectivity index (χ4n) is 3.35. The molecule has 3 unspecified atom stereocenters. The molecule has 0 aromatic heterocycles. The summed E-state index contributed by atoms with van der Waals surface area (Å²) in [6, 6.07) is 0. The number of ketones is 1. The van der Waals surface area contributed by atoms with Crippen LogP contribution in [0.25, 0.3) is 0 Å². The maximum atomic E-state index is 12.1. The molecule has 0 heterocycles. The fraction of sp³-hybridized carbons (Fsp3) is 0.609. The van der Waals surface area contributed by atoms with E-state index in [1.165, 1.54) is 23.8 Å². The predicted molar refractivity (Wildman–Crippen MR) is 110 cm³/mol. The van der Waals surface area contributed by atoms with Gasteiger partial charge in [0.2, 0.25) is 11.5 Å². The molecule has 4 heteroatoms. The van der Waals surface area contributed by atoms with Crippen molar-refractivity contribution in [1.82, 2.24) is 0 Å². The first kappa shape index (κ1) is 23.2. The van der Waals surface area contributed by atoms with E-state index in [1.807, 2.05) is 6.92 Å². The highest BCUT2D eigenvalue weighted by Crippen LogP contribution is 2.34. The maximum absolute atomic E-state index is 12.1. The molecule has 0 bridgehead atoms. The van der Waals surface area contributed by atoms with Crippen molar-refractivity contribution in [2.75, 3.05) is 7.11 Å². The number of carbonyl (C=O) groups is 1. The van der Waals surface area contributed by atoms with Crippen LogP contribution in [0.4, 0.5) is 0 Å². The van der Waals surface area contributed by atoms with Crippen LogP contribution in [0.1, 0.15) is 66.7 Å². The van der Waals surface area contributed by atoms with E-state index >= 15 is 0 Å². The summed E-state index contributed by atoms with van der Waals surface area (Å²) in [5.41, 5.74) is 4.00. The number of methoxy groups -OCH3 is 1. The first-order valence-electron chi connectivity index (χ1n) is 9.83. The highest BCUT2D eigenvalue weighted by molar-refractivity contribution is 5.98. The molecule has 2 N–H and O–H groups in total. The molecule has 3 atom stereocenters. The molecule has 0 saturated heterocycles. The fourth-order valence-corrected chi connectivity index (χ4v) is 3.35. The van der Waals surface area contributed by atoms with Gasteiger partial charge in [-0.1, -0.05) is 41.9 Å². The summed E-state index contributed by atoms with van der Waals surface area (Å²) in [5, 5.41) is 20.5. The van der Waals surface area contributed by atoms with Crippen molar-refractivity contribution < 1.29 is 19.7 Å². The molecule has 4 nitrogen and oxygen atoms in total. The molecule has 0 saturated carbocycles. The van der Waals surface area contributed by atoms with E-state index < -0.39 is 11.9 Å². The summed E-state index contributed by atoms with van der Waals surface area (Å²) in [6.45, 7) is 10.3. The van der Waals surface area contributed by atoms with Gasteiger partial charge < -0.3 is 14.9 Å². The molecule has 1 aliphatic carbocycles. The summed E-state index contributed by atoms with van der Waals surface area (Å²) in [6.07, 6.45) is 10.2. The van der Waals surface area contributed by atoms with E-state index in [0.29, 0.717) is 6.42 Å². The van der Waals surface area contributed by atoms with E-state index in [2.05, 4.69) is 45.9 Å². The number of aliphatic hydroxyl groups is 2. The molecule has 0 aromatic rings. The van der Waals surface area contributed by atoms with Crippen molar-refractivity contribution in [1.29, 1.82) is 0 Å². The van der Waals surface area contributed by atoms with Crippen LogP contribution < -0.4 is 0 Å². The second kappa shape index (κ2) is 11.1. The Labute approximate surface area is 164 Å². The Hall–Kier alpha value is -1.81. The lowest BCUT2D eigenvalue weighted by Gasteiger charge is -2.32. The second-order valence-electron chi connectivity index (χ2n) is 7.88. The smallest absolute Gasteiger partial charge is 0.229 e. The summed E-state index contributed by atoms with van der Waals surface area (Å²) in [5.74, 6) is -1.33. The number of ether oxygens (including phenoxy) is 1. The van der Waals surface area contributed by atoms with Crippen LogP contribution in [0, 0.1) is 11.8 Å². The molecule has 27 heavy (non-hydrogen) atoms. The third-order valence-electron chi connectivity index (χ3n) is 5.27. The quantitative estimate of drug-likeness (QED) is 0.528. The first-order chi connectivity index (χ1) is 12.7. The summed E-state index contributed by atoms with van der Waals surface area (Å²) in [4.78, 5) is 12.1. The maximum Gasteiger partial charge on any atom is 0.229 e. The molecule has 152 valence electrons. The number of rotatable bonds is 9. The number of Topliss-reactive ketones (excluding diaryl/α,β-unsaturated/α-hetero) is 1. The zero-order valence-electron chi connectivity index (χ0n) is 17.7. The lowest BCUT2D eigenvalue weighted by atomic mass is 9.77. The SMILES string of the molecule is COC1=C(O)C(C)C(C/C=C(\C)CC/C=C(\C)CCC=C(C)C)C(O)C1=O. The molecule has 1 aliphatic rings. The van der Waals surface area contributed by atoms with Gasteiger partial charge in [-0.05, 0) is 59.8 Å². The molecule has 0 amide bonds. The van der Waals surface area contributed by atoms with Crippen LogP contribution in [0.3, 0.4) is 0 Å². The minimum absolute atomic E-state index is 0.0567. The van der Waals surface area contributed by atoms with E-state index in [0.717, 1.165) is 25.7 Å². The standard InChI is InChI=1S/C23H36O4/c1-15(2)9-7-10-16(3)11-8-12-17(4)13-14-19-18(5)20(24)23(27-6)22(26)21(19)25/h9,11,13,18-19,21,24-25H,7-8,10,12,14H2,1-6H3/b16-11+,17-13+. The summed E-state index contributed by atoms with van der Waals surface area (Å²) in [7, 11) is 1.34. The van der Waals surface area contributed by atoms with Crippen LogP contribution in [-0.2, 0) is 9.53 Å². The molecule has 0 radical (unpaired) electrons. The average Bonchev–Trinajstić information content (AvgIpc) is 2.60. The predicted octanol–water partition coefficient (Wildman–Crippen LogP) is 5.41. The highest BCUT2D eigenvalue weighted by atomic mass is 16.5. The van der Waals surface area contributed by atoms with Crippen molar-refractivity contribution in [2.24, 2.45) is 11.8 Å². The summed E-state index contributed by atoms with van der Waals surface area (Å²) >= 11 is 0. The molecule has 0 fully saturated rings. The van der Waals surface area contributed by atoms with Crippen LogP contribution in [-0.4, -0.2) is 29.2 Å². The Balaban J connectivity index is 2.58. The number of hydrogen-bond acceptors (Lipinski definition) is 4. The molecule has 0 aromatic carbocycles. The Morgan fingerprint density at radius 1 is 1.04 bits per heavy atom. The van der Waals surface area contributed by atoms with E-state index in [1.54, 1.807) is 0 Å². The first-order valence-corrected chi connectivity index (χ1v) is 9.83. The van der Waals surface area contributed by atoms with Crippen molar-refractivity contribution in [3.05, 3.63) is 46.5 Å². The number of allylic oxidation sites excluding steroid dienone is 7. The zero-order chi connectivity index (χ0) is 20.6. The largest absolute Gasteiger partial charge is 0.508 e. The molecular formula is C23H36O4. The molecule has 0 aliphatic heterocycles. The van der Waals surface area contributed by atoms with Gasteiger partial charge in [-0.25, -0.2) is 0 Å². The average molecular weight is 377 g/mol. The van der Waals surface area contributed by atoms with Gasteiger partial charge in [-0.2, -0.15) is 0 Å². The normalized spacial score (nSPS) is 24.3. The van der Waals surface area contributed by atoms with Crippen LogP contribution in [0.5, 0.6) is 0 Å². The van der Waals surface area contributed by atoms with Gasteiger partial charge in [-0.15, -0.1) is 0 Å². The van der Waals surface area contributed by atoms with Gasteiger partial charge in [0, 0.05) is 11.8 Å².